The van der Waals surface area contributed by atoms with Crippen LogP contribution in [0.15, 0.2) is 48.0 Å². The van der Waals surface area contributed by atoms with E-state index < -0.39 is 0 Å². The molecule has 0 aliphatic carbocycles. The predicted molar refractivity (Wildman–Crippen MR) is 75.2 cm³/mol. The lowest BCUT2D eigenvalue weighted by atomic mass is 10.1. The van der Waals surface area contributed by atoms with E-state index in [1.165, 1.54) is 23.6 Å². The predicted octanol–water partition coefficient (Wildman–Crippen LogP) is 3.59. The molecule has 0 aliphatic heterocycles. The van der Waals surface area contributed by atoms with E-state index in [1.807, 2.05) is 29.6 Å². The number of nitrogens with two attached hydrogens (primary N) is 1. The Morgan fingerprint density at radius 1 is 1.05 bits per heavy atom. The van der Waals surface area contributed by atoms with Crippen LogP contribution in [-0.2, 0) is 0 Å². The van der Waals surface area contributed by atoms with Crippen LogP contribution in [0.3, 0.4) is 0 Å². The van der Waals surface area contributed by atoms with Gasteiger partial charge in [0.25, 0.3) is 0 Å². The minimum atomic E-state index is -0.341. The summed E-state index contributed by atoms with van der Waals surface area (Å²) in [6.45, 7) is 0. The maximum Gasteiger partial charge on any atom is 0.180 e. The molecule has 5 heteroatoms. The van der Waals surface area contributed by atoms with Crippen LogP contribution < -0.4 is 5.73 Å². The summed E-state index contributed by atoms with van der Waals surface area (Å²) in [5.74, 6) is -0.341. The molecule has 2 heterocycles. The molecule has 0 radical (unpaired) electrons. The average Bonchev–Trinajstić information content (AvgIpc) is 2.86. The molecule has 0 fully saturated rings. The highest BCUT2D eigenvalue weighted by molar-refractivity contribution is 7.13. The lowest BCUT2D eigenvalue weighted by Gasteiger charge is -2.03. The third-order valence-corrected chi connectivity index (χ3v) is 3.38. The second-order valence-electron chi connectivity index (χ2n) is 4.01. The minimum absolute atomic E-state index is 0.341. The van der Waals surface area contributed by atoms with Gasteiger partial charge in [-0.3, -0.25) is 4.98 Å². The first kappa shape index (κ1) is 11.8. The first-order valence-electron chi connectivity index (χ1n) is 5.66. The summed E-state index contributed by atoms with van der Waals surface area (Å²) in [5.41, 5.74) is 9.09. The number of thiazole rings is 1. The van der Waals surface area contributed by atoms with Gasteiger partial charge in [-0.15, -0.1) is 11.3 Å². The van der Waals surface area contributed by atoms with Crippen LogP contribution in [0.1, 0.15) is 0 Å². The number of rotatable bonds is 2. The standard InChI is InChI=1S/C14H10FN3S/c15-11-4-5-12(17-7-11)9-2-1-3-10(6-9)13-8-19-14(16)18-13/h1-8H,(H2,16,18). The summed E-state index contributed by atoms with van der Waals surface area (Å²) in [6, 6.07) is 10.8. The molecule has 3 aromatic rings. The van der Waals surface area contributed by atoms with Crippen LogP contribution in [0.25, 0.3) is 22.5 Å². The number of pyridine rings is 1. The quantitative estimate of drug-likeness (QED) is 0.775. The van der Waals surface area contributed by atoms with Crippen molar-refractivity contribution in [2.75, 3.05) is 5.73 Å². The SMILES string of the molecule is Nc1nc(-c2cccc(-c3ccc(F)cn3)c2)cs1. The zero-order valence-corrected chi connectivity index (χ0v) is 10.7. The maximum absolute atomic E-state index is 12.9. The molecule has 0 aliphatic rings. The van der Waals surface area contributed by atoms with Gasteiger partial charge in [-0.1, -0.05) is 18.2 Å². The second kappa shape index (κ2) is 4.78. The summed E-state index contributed by atoms with van der Waals surface area (Å²) in [6.07, 6.45) is 1.21. The van der Waals surface area contributed by atoms with E-state index in [9.17, 15) is 4.39 Å². The molecule has 0 bridgehead atoms. The molecule has 0 spiro atoms. The third kappa shape index (κ3) is 2.46. The summed E-state index contributed by atoms with van der Waals surface area (Å²) in [7, 11) is 0. The molecular weight excluding hydrogens is 261 g/mol. The zero-order valence-electron chi connectivity index (χ0n) is 9.88. The van der Waals surface area contributed by atoms with E-state index in [0.717, 1.165) is 22.5 Å². The number of hydrogen-bond donors (Lipinski definition) is 1. The smallest absolute Gasteiger partial charge is 0.180 e. The second-order valence-corrected chi connectivity index (χ2v) is 4.90. The van der Waals surface area contributed by atoms with E-state index >= 15 is 0 Å². The lowest BCUT2D eigenvalue weighted by molar-refractivity contribution is 0.622. The van der Waals surface area contributed by atoms with Gasteiger partial charge < -0.3 is 5.73 Å². The first-order chi connectivity index (χ1) is 9.22. The van der Waals surface area contributed by atoms with Gasteiger partial charge in [0.2, 0.25) is 0 Å². The lowest BCUT2D eigenvalue weighted by Crippen LogP contribution is -1.86. The average molecular weight is 271 g/mol. The molecule has 0 saturated heterocycles. The zero-order chi connectivity index (χ0) is 13.2. The number of nitrogens with zero attached hydrogens (tertiary/aromatic N) is 2. The van der Waals surface area contributed by atoms with Crippen molar-refractivity contribution in [1.29, 1.82) is 0 Å². The van der Waals surface area contributed by atoms with Crippen molar-refractivity contribution in [3.63, 3.8) is 0 Å². The van der Waals surface area contributed by atoms with Crippen LogP contribution in [0, 0.1) is 5.82 Å². The fourth-order valence-electron chi connectivity index (χ4n) is 1.80. The van der Waals surface area contributed by atoms with Gasteiger partial charge in [-0.25, -0.2) is 9.37 Å². The van der Waals surface area contributed by atoms with Gasteiger partial charge in [0.15, 0.2) is 5.13 Å². The number of hydrogen-bond acceptors (Lipinski definition) is 4. The molecule has 2 N–H and O–H groups in total. The summed E-state index contributed by atoms with van der Waals surface area (Å²) < 4.78 is 12.9. The molecule has 3 rings (SSSR count). The molecule has 0 atom stereocenters. The topological polar surface area (TPSA) is 51.8 Å². The molecule has 94 valence electrons. The van der Waals surface area contributed by atoms with Gasteiger partial charge >= 0.3 is 0 Å². The Bertz CT molecular complexity index is 707. The number of nitrogen functional groups attached to an aromatic ring is 1. The summed E-state index contributed by atoms with van der Waals surface area (Å²) >= 11 is 1.40. The largest absolute Gasteiger partial charge is 0.375 e. The van der Waals surface area contributed by atoms with Crippen LogP contribution in [0.4, 0.5) is 9.52 Å². The highest BCUT2D eigenvalue weighted by Gasteiger charge is 2.05. The molecular formula is C14H10FN3S. The molecule has 19 heavy (non-hydrogen) atoms. The maximum atomic E-state index is 12.9. The number of halogens is 1. The fourth-order valence-corrected chi connectivity index (χ4v) is 2.38. The van der Waals surface area contributed by atoms with E-state index in [2.05, 4.69) is 9.97 Å². The van der Waals surface area contributed by atoms with Gasteiger partial charge in [0, 0.05) is 16.5 Å². The molecule has 0 amide bonds. The van der Waals surface area contributed by atoms with E-state index in [0.29, 0.717) is 5.13 Å². The van der Waals surface area contributed by atoms with E-state index in [-0.39, 0.29) is 5.82 Å². The molecule has 1 aromatic carbocycles. The van der Waals surface area contributed by atoms with Crippen molar-refractivity contribution in [2.45, 2.75) is 0 Å². The van der Waals surface area contributed by atoms with Gasteiger partial charge in [0.1, 0.15) is 5.82 Å². The summed E-state index contributed by atoms with van der Waals surface area (Å²) in [4.78, 5) is 8.32. The highest BCUT2D eigenvalue weighted by atomic mass is 32.1. The highest BCUT2D eigenvalue weighted by Crippen LogP contribution is 2.27. The van der Waals surface area contributed by atoms with Crippen molar-refractivity contribution in [1.82, 2.24) is 9.97 Å². The number of anilines is 1. The van der Waals surface area contributed by atoms with Crippen LogP contribution in [-0.4, -0.2) is 9.97 Å². The van der Waals surface area contributed by atoms with Crippen molar-refractivity contribution in [2.24, 2.45) is 0 Å². The third-order valence-electron chi connectivity index (χ3n) is 2.70. The van der Waals surface area contributed by atoms with E-state index in [4.69, 9.17) is 5.73 Å². The van der Waals surface area contributed by atoms with Gasteiger partial charge in [-0.2, -0.15) is 0 Å². The Morgan fingerprint density at radius 2 is 1.84 bits per heavy atom. The Hall–Kier alpha value is -2.27. The summed E-state index contributed by atoms with van der Waals surface area (Å²) in [5, 5.41) is 2.45. The van der Waals surface area contributed by atoms with Crippen LogP contribution >= 0.6 is 11.3 Å². The van der Waals surface area contributed by atoms with Crippen LogP contribution in [0.2, 0.25) is 0 Å². The molecule has 2 aromatic heterocycles. The first-order valence-corrected chi connectivity index (χ1v) is 6.54. The van der Waals surface area contributed by atoms with Crippen LogP contribution in [0.5, 0.6) is 0 Å². The Labute approximate surface area is 113 Å². The molecule has 3 nitrogen and oxygen atoms in total. The van der Waals surface area contributed by atoms with Gasteiger partial charge in [0.05, 0.1) is 17.6 Å². The van der Waals surface area contributed by atoms with Gasteiger partial charge in [-0.05, 0) is 18.2 Å². The Kier molecular flexibility index (Phi) is 2.97. The monoisotopic (exact) mass is 271 g/mol. The Morgan fingerprint density at radius 3 is 2.47 bits per heavy atom. The normalized spacial score (nSPS) is 10.6. The van der Waals surface area contributed by atoms with Crippen molar-refractivity contribution >= 4 is 16.5 Å². The van der Waals surface area contributed by atoms with Crippen molar-refractivity contribution in [3.8, 4) is 22.5 Å². The molecule has 0 saturated carbocycles. The minimum Gasteiger partial charge on any atom is -0.375 e. The van der Waals surface area contributed by atoms with Crippen molar-refractivity contribution < 1.29 is 4.39 Å². The number of aromatic nitrogens is 2. The number of benzene rings is 1. The fraction of sp³-hybridized carbons (Fsp3) is 0. The van der Waals surface area contributed by atoms with E-state index in [1.54, 1.807) is 6.07 Å². The Balaban J connectivity index is 2.02. The van der Waals surface area contributed by atoms with Crippen molar-refractivity contribution in [3.05, 3.63) is 53.8 Å². The molecule has 0 unspecified atom stereocenters.